The molecule has 0 saturated carbocycles. The van der Waals surface area contributed by atoms with Crippen molar-refractivity contribution in [2.24, 2.45) is 0 Å². The van der Waals surface area contributed by atoms with Crippen molar-refractivity contribution in [3.05, 3.63) is 52.8 Å². The minimum Gasteiger partial charge on any atom is -0.389 e. The van der Waals surface area contributed by atoms with Gasteiger partial charge in [0.25, 0.3) is 5.91 Å². The SMILES string of the molecule is Cc1nn(CC(=O)N[C@@H]2CCN(C(=O)c3ccccc3)C[C@H]2O)c(C)c1C. The standard InChI is InChI=1S/C20H26N4O3/c1-13-14(2)22-24(15(13)3)12-19(26)21-17-9-10-23(11-18(17)25)20(27)16-7-5-4-6-8-16/h4-8,17-18,25H,9-12H2,1-3H3,(H,21,26)/t17-,18-/m1/s1. The molecule has 2 aromatic rings. The highest BCUT2D eigenvalue weighted by Crippen LogP contribution is 2.15. The van der Waals surface area contributed by atoms with Crippen LogP contribution < -0.4 is 5.32 Å². The first-order valence-corrected chi connectivity index (χ1v) is 9.19. The summed E-state index contributed by atoms with van der Waals surface area (Å²) in [5, 5.41) is 17.7. The number of aromatic nitrogens is 2. The molecule has 7 heteroatoms. The zero-order valence-electron chi connectivity index (χ0n) is 16.0. The molecule has 0 spiro atoms. The maximum atomic E-state index is 12.5. The monoisotopic (exact) mass is 370 g/mol. The average Bonchev–Trinajstić information content (AvgIpc) is 2.90. The van der Waals surface area contributed by atoms with E-state index >= 15 is 0 Å². The summed E-state index contributed by atoms with van der Waals surface area (Å²) in [5.74, 6) is -0.287. The molecule has 1 aromatic heterocycles. The van der Waals surface area contributed by atoms with Crippen molar-refractivity contribution in [2.45, 2.75) is 45.9 Å². The molecule has 0 bridgehead atoms. The Labute approximate surface area is 159 Å². The van der Waals surface area contributed by atoms with E-state index in [4.69, 9.17) is 0 Å². The number of amides is 2. The fourth-order valence-electron chi connectivity index (χ4n) is 3.38. The largest absolute Gasteiger partial charge is 0.389 e. The molecule has 2 N–H and O–H groups in total. The number of nitrogens with one attached hydrogen (secondary N) is 1. The molecule has 2 amide bonds. The Balaban J connectivity index is 1.56. The number of hydrogen-bond acceptors (Lipinski definition) is 4. The second-order valence-corrected chi connectivity index (χ2v) is 7.10. The number of aryl methyl sites for hydroxylation is 1. The number of nitrogens with zero attached hydrogens (tertiary/aromatic N) is 3. The Morgan fingerprint density at radius 2 is 1.93 bits per heavy atom. The molecule has 0 aliphatic carbocycles. The highest BCUT2D eigenvalue weighted by molar-refractivity contribution is 5.94. The molecule has 3 rings (SSSR count). The van der Waals surface area contributed by atoms with Crippen LogP contribution >= 0.6 is 0 Å². The molecule has 1 aromatic carbocycles. The van der Waals surface area contributed by atoms with Gasteiger partial charge in [0.15, 0.2) is 0 Å². The molecule has 7 nitrogen and oxygen atoms in total. The molecule has 2 atom stereocenters. The number of piperidine rings is 1. The first-order valence-electron chi connectivity index (χ1n) is 9.19. The van der Waals surface area contributed by atoms with Crippen LogP contribution in [0, 0.1) is 20.8 Å². The number of aliphatic hydroxyl groups excluding tert-OH is 1. The molecule has 27 heavy (non-hydrogen) atoms. The molecule has 1 saturated heterocycles. The maximum absolute atomic E-state index is 12.5. The smallest absolute Gasteiger partial charge is 0.253 e. The van der Waals surface area contributed by atoms with Gasteiger partial charge in [-0.15, -0.1) is 0 Å². The molecule has 2 heterocycles. The Morgan fingerprint density at radius 1 is 1.22 bits per heavy atom. The summed E-state index contributed by atoms with van der Waals surface area (Å²) in [5.41, 5.74) is 3.56. The molecule has 1 aliphatic heterocycles. The van der Waals surface area contributed by atoms with Crippen LogP contribution in [0.3, 0.4) is 0 Å². The van der Waals surface area contributed by atoms with Gasteiger partial charge >= 0.3 is 0 Å². The van der Waals surface area contributed by atoms with Gasteiger partial charge < -0.3 is 15.3 Å². The highest BCUT2D eigenvalue weighted by Gasteiger charge is 2.31. The van der Waals surface area contributed by atoms with Crippen LogP contribution in [-0.2, 0) is 11.3 Å². The van der Waals surface area contributed by atoms with Gasteiger partial charge in [-0.05, 0) is 44.9 Å². The van der Waals surface area contributed by atoms with Crippen molar-refractivity contribution in [1.82, 2.24) is 20.0 Å². The molecule has 0 radical (unpaired) electrons. The number of carbonyl (C=O) groups excluding carboxylic acids is 2. The van der Waals surface area contributed by atoms with Crippen molar-refractivity contribution in [1.29, 1.82) is 0 Å². The third-order valence-electron chi connectivity index (χ3n) is 5.27. The summed E-state index contributed by atoms with van der Waals surface area (Å²) in [4.78, 5) is 26.5. The second-order valence-electron chi connectivity index (χ2n) is 7.10. The summed E-state index contributed by atoms with van der Waals surface area (Å²) in [6.07, 6.45) is -0.278. The van der Waals surface area contributed by atoms with Gasteiger partial charge in [-0.25, -0.2) is 0 Å². The average molecular weight is 370 g/mol. The number of aliphatic hydroxyl groups is 1. The van der Waals surface area contributed by atoms with Crippen molar-refractivity contribution in [3.63, 3.8) is 0 Å². The van der Waals surface area contributed by atoms with Crippen molar-refractivity contribution < 1.29 is 14.7 Å². The van der Waals surface area contributed by atoms with E-state index in [2.05, 4.69) is 10.4 Å². The van der Waals surface area contributed by atoms with Crippen LogP contribution in [0.15, 0.2) is 30.3 Å². The van der Waals surface area contributed by atoms with Gasteiger partial charge in [-0.1, -0.05) is 18.2 Å². The predicted octanol–water partition coefficient (Wildman–Crippen LogP) is 1.20. The lowest BCUT2D eigenvalue weighted by Crippen LogP contribution is -2.55. The number of likely N-dealkylation sites (tertiary alicyclic amines) is 1. The van der Waals surface area contributed by atoms with Crippen LogP contribution in [0.1, 0.15) is 33.7 Å². The van der Waals surface area contributed by atoms with Gasteiger partial charge in [0.1, 0.15) is 6.54 Å². The third kappa shape index (κ3) is 4.19. The van der Waals surface area contributed by atoms with Crippen molar-refractivity contribution in [3.8, 4) is 0 Å². The van der Waals surface area contributed by atoms with Gasteiger partial charge in [0.05, 0.1) is 17.8 Å². The number of rotatable bonds is 4. The van der Waals surface area contributed by atoms with Crippen molar-refractivity contribution >= 4 is 11.8 Å². The lowest BCUT2D eigenvalue weighted by Gasteiger charge is -2.36. The number of benzene rings is 1. The van der Waals surface area contributed by atoms with E-state index in [1.54, 1.807) is 21.7 Å². The van der Waals surface area contributed by atoms with Crippen LogP contribution in [0.5, 0.6) is 0 Å². The van der Waals surface area contributed by atoms with Gasteiger partial charge in [-0.3, -0.25) is 14.3 Å². The molecule has 0 unspecified atom stereocenters. The highest BCUT2D eigenvalue weighted by atomic mass is 16.3. The lowest BCUT2D eigenvalue weighted by atomic mass is 10.0. The first kappa shape index (κ1) is 19.1. The maximum Gasteiger partial charge on any atom is 0.253 e. The van der Waals surface area contributed by atoms with Crippen LogP contribution in [0.25, 0.3) is 0 Å². The summed E-state index contributed by atoms with van der Waals surface area (Å²) >= 11 is 0. The zero-order chi connectivity index (χ0) is 19.6. The molecule has 1 fully saturated rings. The Morgan fingerprint density at radius 3 is 2.52 bits per heavy atom. The van der Waals surface area contributed by atoms with E-state index in [1.165, 1.54) is 0 Å². The van der Waals surface area contributed by atoms with E-state index in [1.807, 2.05) is 39.0 Å². The summed E-state index contributed by atoms with van der Waals surface area (Å²) in [6, 6.07) is 8.65. The van der Waals surface area contributed by atoms with Crippen LogP contribution in [0.2, 0.25) is 0 Å². The minimum atomic E-state index is -0.794. The van der Waals surface area contributed by atoms with Gasteiger partial charge in [0.2, 0.25) is 5.91 Å². The van der Waals surface area contributed by atoms with E-state index in [-0.39, 0.29) is 30.9 Å². The second kappa shape index (κ2) is 7.92. The normalized spacial score (nSPS) is 19.8. The number of hydrogen-bond donors (Lipinski definition) is 2. The quantitative estimate of drug-likeness (QED) is 0.847. The number of β-amino-alcohol motifs (C(OH)–C–C–N with tert-alkyl or cyclic N) is 1. The Hall–Kier alpha value is -2.67. The third-order valence-corrected chi connectivity index (χ3v) is 5.27. The van der Waals surface area contributed by atoms with E-state index in [9.17, 15) is 14.7 Å². The summed E-state index contributed by atoms with van der Waals surface area (Å²) < 4.78 is 1.68. The van der Waals surface area contributed by atoms with Crippen LogP contribution in [0.4, 0.5) is 0 Å². The Bertz CT molecular complexity index is 831. The fraction of sp³-hybridized carbons (Fsp3) is 0.450. The number of carbonyl (C=O) groups is 2. The van der Waals surface area contributed by atoms with E-state index in [0.29, 0.717) is 18.5 Å². The van der Waals surface area contributed by atoms with Crippen LogP contribution in [-0.4, -0.2) is 56.8 Å². The van der Waals surface area contributed by atoms with E-state index < -0.39 is 6.10 Å². The lowest BCUT2D eigenvalue weighted by molar-refractivity contribution is -0.124. The Kier molecular flexibility index (Phi) is 5.60. The molecule has 1 aliphatic rings. The van der Waals surface area contributed by atoms with Gasteiger partial charge in [0, 0.05) is 24.3 Å². The summed E-state index contributed by atoms with van der Waals surface area (Å²) in [6.45, 7) is 6.66. The summed E-state index contributed by atoms with van der Waals surface area (Å²) in [7, 11) is 0. The topological polar surface area (TPSA) is 87.5 Å². The predicted molar refractivity (Wildman–Crippen MR) is 101 cm³/mol. The molecular formula is C20H26N4O3. The molecular weight excluding hydrogens is 344 g/mol. The minimum absolute atomic E-state index is 0.0995. The van der Waals surface area contributed by atoms with Crippen molar-refractivity contribution in [2.75, 3.05) is 13.1 Å². The zero-order valence-corrected chi connectivity index (χ0v) is 16.0. The molecule has 144 valence electrons. The fourth-order valence-corrected chi connectivity index (χ4v) is 3.38. The first-order chi connectivity index (χ1) is 12.9. The van der Waals surface area contributed by atoms with E-state index in [0.717, 1.165) is 17.0 Å². The van der Waals surface area contributed by atoms with Gasteiger partial charge in [-0.2, -0.15) is 5.10 Å².